The number of amides is 2. The van der Waals surface area contributed by atoms with Crippen LogP contribution in [0.3, 0.4) is 0 Å². The molecule has 2 amide bonds. The number of nitrogens with zero attached hydrogens (tertiary/aromatic N) is 2. The van der Waals surface area contributed by atoms with E-state index in [0.29, 0.717) is 28.7 Å². The summed E-state index contributed by atoms with van der Waals surface area (Å²) in [6, 6.07) is 14.4. The molecule has 1 atom stereocenters. The minimum absolute atomic E-state index is 0.0632. The Morgan fingerprint density at radius 2 is 1.61 bits per heavy atom. The fourth-order valence-corrected chi connectivity index (χ4v) is 3.24. The second-order valence-electron chi connectivity index (χ2n) is 7.05. The molecule has 1 aliphatic heterocycles. The van der Waals surface area contributed by atoms with Gasteiger partial charge in [-0.1, -0.05) is 44.2 Å². The summed E-state index contributed by atoms with van der Waals surface area (Å²) in [5.41, 5.74) is 1.58. The van der Waals surface area contributed by atoms with E-state index in [4.69, 9.17) is 10.00 Å². The maximum atomic E-state index is 12.8. The van der Waals surface area contributed by atoms with Gasteiger partial charge in [0.25, 0.3) is 11.8 Å². The molecule has 0 radical (unpaired) electrons. The van der Waals surface area contributed by atoms with Crippen molar-refractivity contribution in [3.63, 3.8) is 0 Å². The zero-order valence-corrected chi connectivity index (χ0v) is 15.7. The zero-order chi connectivity index (χ0) is 20.3. The van der Waals surface area contributed by atoms with Crippen molar-refractivity contribution in [2.24, 2.45) is 5.92 Å². The number of esters is 1. The van der Waals surface area contributed by atoms with E-state index in [-0.39, 0.29) is 12.5 Å². The van der Waals surface area contributed by atoms with Crippen molar-refractivity contribution in [1.29, 1.82) is 5.26 Å². The lowest BCUT2D eigenvalue weighted by molar-refractivity contribution is -0.150. The summed E-state index contributed by atoms with van der Waals surface area (Å²) < 4.78 is 5.41. The van der Waals surface area contributed by atoms with E-state index < -0.39 is 23.8 Å². The minimum Gasteiger partial charge on any atom is -0.459 e. The Morgan fingerprint density at radius 3 is 2.18 bits per heavy atom. The van der Waals surface area contributed by atoms with Crippen molar-refractivity contribution in [3.05, 3.63) is 70.8 Å². The van der Waals surface area contributed by atoms with Crippen molar-refractivity contribution >= 4 is 17.8 Å². The lowest BCUT2D eigenvalue weighted by Gasteiger charge is -2.26. The third-order valence-corrected chi connectivity index (χ3v) is 4.61. The first kappa shape index (κ1) is 19.3. The molecule has 2 aromatic carbocycles. The Balaban J connectivity index is 1.83. The highest BCUT2D eigenvalue weighted by atomic mass is 16.5. The van der Waals surface area contributed by atoms with Crippen LogP contribution in [-0.2, 0) is 16.1 Å². The van der Waals surface area contributed by atoms with Crippen LogP contribution in [0.1, 0.15) is 52.1 Å². The molecule has 0 aromatic heterocycles. The van der Waals surface area contributed by atoms with Gasteiger partial charge in [0.2, 0.25) is 0 Å². The van der Waals surface area contributed by atoms with Gasteiger partial charge in [-0.25, -0.2) is 4.79 Å². The molecule has 0 bridgehead atoms. The molecule has 1 unspecified atom stereocenters. The molecular formula is C22H20N2O4. The van der Waals surface area contributed by atoms with Crippen LogP contribution in [0.5, 0.6) is 0 Å². The number of carbonyl (C=O) groups is 3. The van der Waals surface area contributed by atoms with Crippen molar-refractivity contribution in [3.8, 4) is 6.07 Å². The van der Waals surface area contributed by atoms with Crippen LogP contribution in [-0.4, -0.2) is 28.7 Å². The lowest BCUT2D eigenvalue weighted by Crippen LogP contribution is -2.46. The minimum atomic E-state index is -1.01. The Labute approximate surface area is 163 Å². The predicted octanol–water partition coefficient (Wildman–Crippen LogP) is 3.31. The summed E-state index contributed by atoms with van der Waals surface area (Å²) in [6.07, 6.45) is 0.296. The highest BCUT2D eigenvalue weighted by molar-refractivity contribution is 6.22. The SMILES string of the molecule is CC(C)CC(C(=O)OCc1ccccc1C#N)N1C(=O)c2ccccc2C1=O. The molecule has 6 nitrogen and oxygen atoms in total. The summed E-state index contributed by atoms with van der Waals surface area (Å²) in [6.45, 7) is 3.72. The molecule has 0 aliphatic carbocycles. The van der Waals surface area contributed by atoms with Gasteiger partial charge in [-0.2, -0.15) is 5.26 Å². The van der Waals surface area contributed by atoms with E-state index in [9.17, 15) is 14.4 Å². The summed E-state index contributed by atoms with van der Waals surface area (Å²) in [5, 5.41) is 9.17. The van der Waals surface area contributed by atoms with E-state index in [2.05, 4.69) is 6.07 Å². The molecule has 0 saturated carbocycles. The third kappa shape index (κ3) is 3.65. The Morgan fingerprint density at radius 1 is 1.04 bits per heavy atom. The number of benzene rings is 2. The molecule has 3 rings (SSSR count). The second kappa shape index (κ2) is 8.05. The molecule has 28 heavy (non-hydrogen) atoms. The van der Waals surface area contributed by atoms with Crippen LogP contribution < -0.4 is 0 Å². The largest absolute Gasteiger partial charge is 0.459 e. The first-order valence-electron chi connectivity index (χ1n) is 9.05. The van der Waals surface area contributed by atoms with Gasteiger partial charge in [-0.05, 0) is 30.5 Å². The fourth-order valence-electron chi connectivity index (χ4n) is 3.24. The molecule has 0 saturated heterocycles. The van der Waals surface area contributed by atoms with E-state index in [1.54, 1.807) is 48.5 Å². The van der Waals surface area contributed by atoms with Gasteiger partial charge in [0.15, 0.2) is 0 Å². The summed E-state index contributed by atoms with van der Waals surface area (Å²) >= 11 is 0. The van der Waals surface area contributed by atoms with Crippen LogP contribution in [0, 0.1) is 17.2 Å². The van der Waals surface area contributed by atoms with Gasteiger partial charge in [0, 0.05) is 5.56 Å². The van der Waals surface area contributed by atoms with Gasteiger partial charge >= 0.3 is 5.97 Å². The van der Waals surface area contributed by atoms with Crippen LogP contribution in [0.4, 0.5) is 0 Å². The number of imide groups is 1. The van der Waals surface area contributed by atoms with E-state index >= 15 is 0 Å². The van der Waals surface area contributed by atoms with Crippen molar-refractivity contribution in [2.45, 2.75) is 32.9 Å². The zero-order valence-electron chi connectivity index (χ0n) is 15.7. The van der Waals surface area contributed by atoms with Gasteiger partial charge in [0.1, 0.15) is 12.6 Å². The highest BCUT2D eigenvalue weighted by Crippen LogP contribution is 2.27. The molecular weight excluding hydrogens is 356 g/mol. The average molecular weight is 376 g/mol. The summed E-state index contributed by atoms with van der Waals surface area (Å²) in [7, 11) is 0. The standard InChI is InChI=1S/C22H20N2O4/c1-14(2)11-19(22(27)28-13-16-8-4-3-7-15(16)12-23)24-20(25)17-9-5-6-10-18(17)21(24)26/h3-10,14,19H,11,13H2,1-2H3. The molecule has 142 valence electrons. The van der Waals surface area contributed by atoms with Crippen molar-refractivity contribution < 1.29 is 19.1 Å². The van der Waals surface area contributed by atoms with Crippen LogP contribution in [0.2, 0.25) is 0 Å². The topological polar surface area (TPSA) is 87.5 Å². The summed E-state index contributed by atoms with van der Waals surface area (Å²) in [5.74, 6) is -1.56. The number of rotatable bonds is 6. The number of fused-ring (bicyclic) bond motifs is 1. The molecule has 1 aliphatic rings. The Bertz CT molecular complexity index is 939. The van der Waals surface area contributed by atoms with Gasteiger partial charge in [-0.15, -0.1) is 0 Å². The van der Waals surface area contributed by atoms with E-state index in [1.807, 2.05) is 13.8 Å². The smallest absolute Gasteiger partial charge is 0.329 e. The quantitative estimate of drug-likeness (QED) is 0.570. The number of ether oxygens (including phenoxy) is 1. The van der Waals surface area contributed by atoms with Gasteiger partial charge in [-0.3, -0.25) is 14.5 Å². The number of carbonyl (C=O) groups excluding carboxylic acids is 3. The molecule has 0 fully saturated rings. The van der Waals surface area contributed by atoms with Crippen molar-refractivity contribution in [1.82, 2.24) is 4.90 Å². The number of hydrogen-bond acceptors (Lipinski definition) is 5. The fraction of sp³-hybridized carbons (Fsp3) is 0.273. The summed E-state index contributed by atoms with van der Waals surface area (Å²) in [4.78, 5) is 39.4. The van der Waals surface area contributed by atoms with E-state index in [1.165, 1.54) is 0 Å². The first-order valence-corrected chi connectivity index (χ1v) is 9.05. The Kier molecular flexibility index (Phi) is 5.55. The molecule has 6 heteroatoms. The van der Waals surface area contributed by atoms with Crippen LogP contribution in [0.25, 0.3) is 0 Å². The highest BCUT2D eigenvalue weighted by Gasteiger charge is 2.43. The van der Waals surface area contributed by atoms with Gasteiger partial charge < -0.3 is 4.74 Å². The normalized spacial score (nSPS) is 14.0. The predicted molar refractivity (Wildman–Crippen MR) is 101 cm³/mol. The molecule has 0 N–H and O–H groups in total. The number of hydrogen-bond donors (Lipinski definition) is 0. The molecule has 2 aromatic rings. The monoisotopic (exact) mass is 376 g/mol. The first-order chi connectivity index (χ1) is 13.4. The van der Waals surface area contributed by atoms with E-state index in [0.717, 1.165) is 4.90 Å². The third-order valence-electron chi connectivity index (χ3n) is 4.61. The number of nitriles is 1. The second-order valence-corrected chi connectivity index (χ2v) is 7.05. The maximum Gasteiger partial charge on any atom is 0.329 e. The maximum absolute atomic E-state index is 12.8. The molecule has 0 spiro atoms. The Hall–Kier alpha value is -3.46. The van der Waals surface area contributed by atoms with Crippen LogP contribution in [0.15, 0.2) is 48.5 Å². The van der Waals surface area contributed by atoms with Gasteiger partial charge in [0.05, 0.1) is 22.8 Å². The molecule has 1 heterocycles. The lowest BCUT2D eigenvalue weighted by atomic mass is 10.0. The van der Waals surface area contributed by atoms with Crippen molar-refractivity contribution in [2.75, 3.05) is 0 Å². The van der Waals surface area contributed by atoms with Crippen LogP contribution >= 0.6 is 0 Å². The average Bonchev–Trinajstić information content (AvgIpc) is 2.95.